The summed E-state index contributed by atoms with van der Waals surface area (Å²) < 4.78 is 9.58. The largest absolute Gasteiger partial charge is 0.466 e. The maximum Gasteiger partial charge on any atom is 0.333 e. The van der Waals surface area contributed by atoms with Crippen LogP contribution in [-0.4, -0.2) is 25.3 Å². The van der Waals surface area contributed by atoms with Gasteiger partial charge in [-0.05, 0) is 6.92 Å². The van der Waals surface area contributed by atoms with E-state index >= 15 is 0 Å². The molecule has 1 heterocycles. The second-order valence-corrected chi connectivity index (χ2v) is 3.01. The Morgan fingerprint density at radius 3 is 2.73 bits per heavy atom. The highest BCUT2D eigenvalue weighted by atomic mass is 16.6. The lowest BCUT2D eigenvalue weighted by Gasteiger charge is -2.05. The molecule has 3 heteroatoms. The van der Waals surface area contributed by atoms with Crippen molar-refractivity contribution in [3.63, 3.8) is 0 Å². The van der Waals surface area contributed by atoms with E-state index in [2.05, 4.69) is 11.3 Å². The number of methoxy groups -OCH3 is 1. The van der Waals surface area contributed by atoms with Crippen LogP contribution in [0.3, 0.4) is 0 Å². The van der Waals surface area contributed by atoms with Crippen LogP contribution in [0, 0.1) is 0 Å². The number of carbonyl (C=O) groups is 1. The van der Waals surface area contributed by atoms with Crippen LogP contribution < -0.4 is 0 Å². The lowest BCUT2D eigenvalue weighted by atomic mass is 10.0. The van der Waals surface area contributed by atoms with Gasteiger partial charge in [0.05, 0.1) is 19.3 Å². The lowest BCUT2D eigenvalue weighted by molar-refractivity contribution is -0.136. The van der Waals surface area contributed by atoms with Crippen LogP contribution in [0.15, 0.2) is 12.2 Å². The van der Waals surface area contributed by atoms with Crippen molar-refractivity contribution in [2.24, 2.45) is 0 Å². The minimum atomic E-state index is -0.346. The van der Waals surface area contributed by atoms with Gasteiger partial charge in [0.1, 0.15) is 0 Å². The van der Waals surface area contributed by atoms with Gasteiger partial charge >= 0.3 is 5.97 Å². The van der Waals surface area contributed by atoms with Crippen molar-refractivity contribution in [3.05, 3.63) is 12.2 Å². The molecule has 0 radical (unpaired) electrons. The van der Waals surface area contributed by atoms with Crippen molar-refractivity contribution < 1.29 is 14.3 Å². The molecule has 1 aliphatic rings. The first-order valence-electron chi connectivity index (χ1n) is 3.47. The van der Waals surface area contributed by atoms with Crippen LogP contribution in [-0.2, 0) is 14.3 Å². The van der Waals surface area contributed by atoms with Gasteiger partial charge in [-0.1, -0.05) is 6.58 Å². The van der Waals surface area contributed by atoms with E-state index in [0.717, 1.165) is 0 Å². The normalized spacial score (nSPS) is 27.8. The summed E-state index contributed by atoms with van der Waals surface area (Å²) in [4.78, 5) is 10.8. The summed E-state index contributed by atoms with van der Waals surface area (Å²) in [6.45, 7) is 6.25. The van der Waals surface area contributed by atoms with Gasteiger partial charge in [0, 0.05) is 12.0 Å². The van der Waals surface area contributed by atoms with E-state index in [9.17, 15) is 4.79 Å². The maximum absolute atomic E-state index is 10.8. The van der Waals surface area contributed by atoms with Gasteiger partial charge in [-0.25, -0.2) is 4.79 Å². The number of rotatable bonds is 3. The molecule has 0 aliphatic carbocycles. The molecule has 0 spiro atoms. The molecule has 3 nitrogen and oxygen atoms in total. The molecule has 0 N–H and O–H groups in total. The molecule has 0 aromatic carbocycles. The van der Waals surface area contributed by atoms with Crippen molar-refractivity contribution in [2.75, 3.05) is 13.7 Å². The van der Waals surface area contributed by atoms with E-state index in [0.29, 0.717) is 18.6 Å². The number of hydrogen-bond donors (Lipinski definition) is 0. The Hall–Kier alpha value is -0.830. The zero-order valence-corrected chi connectivity index (χ0v) is 6.85. The fraction of sp³-hybridized carbons (Fsp3) is 0.625. The predicted octanol–water partition coefficient (Wildman–Crippen LogP) is 0.895. The SMILES string of the molecule is C=C(CC1(C)CO1)C(=O)OC. The fourth-order valence-electron chi connectivity index (χ4n) is 0.893. The van der Waals surface area contributed by atoms with E-state index < -0.39 is 0 Å². The first-order valence-corrected chi connectivity index (χ1v) is 3.47. The number of carbonyl (C=O) groups excluding carboxylic acids is 1. The Balaban J connectivity index is 2.37. The molecule has 1 aliphatic heterocycles. The average molecular weight is 156 g/mol. The number of epoxide rings is 1. The molecule has 1 atom stereocenters. The molecule has 1 rings (SSSR count). The van der Waals surface area contributed by atoms with Crippen molar-refractivity contribution >= 4 is 5.97 Å². The summed E-state index contributed by atoms with van der Waals surface area (Å²) in [6.07, 6.45) is 0.569. The minimum absolute atomic E-state index is 0.148. The topological polar surface area (TPSA) is 38.8 Å². The first-order chi connectivity index (χ1) is 5.07. The summed E-state index contributed by atoms with van der Waals surface area (Å²) in [7, 11) is 1.35. The minimum Gasteiger partial charge on any atom is -0.466 e. The van der Waals surface area contributed by atoms with E-state index in [1.807, 2.05) is 6.92 Å². The monoisotopic (exact) mass is 156 g/mol. The van der Waals surface area contributed by atoms with Gasteiger partial charge in [0.2, 0.25) is 0 Å². The number of ether oxygens (including phenoxy) is 2. The molecule has 0 amide bonds. The highest BCUT2D eigenvalue weighted by Gasteiger charge is 2.40. The van der Waals surface area contributed by atoms with Crippen molar-refractivity contribution in [1.82, 2.24) is 0 Å². The zero-order valence-electron chi connectivity index (χ0n) is 6.85. The van der Waals surface area contributed by atoms with Gasteiger partial charge in [0.25, 0.3) is 0 Å². The van der Waals surface area contributed by atoms with Gasteiger partial charge in [-0.3, -0.25) is 0 Å². The number of esters is 1. The molecular weight excluding hydrogens is 144 g/mol. The molecular formula is C8H12O3. The molecule has 1 fully saturated rings. The van der Waals surface area contributed by atoms with E-state index in [-0.39, 0.29) is 11.6 Å². The third-order valence-electron chi connectivity index (χ3n) is 1.70. The standard InChI is InChI=1S/C8H12O3/c1-6(7(9)10-3)4-8(2)5-11-8/h1,4-5H2,2-3H3. The second-order valence-electron chi connectivity index (χ2n) is 3.01. The van der Waals surface area contributed by atoms with Crippen LogP contribution in [0.25, 0.3) is 0 Å². The Kier molecular flexibility index (Phi) is 2.00. The maximum atomic E-state index is 10.8. The lowest BCUT2D eigenvalue weighted by Crippen LogP contribution is -2.12. The van der Waals surface area contributed by atoms with Crippen LogP contribution in [0.2, 0.25) is 0 Å². The molecule has 0 aromatic rings. The third-order valence-corrected chi connectivity index (χ3v) is 1.70. The Morgan fingerprint density at radius 2 is 2.36 bits per heavy atom. The molecule has 0 aromatic heterocycles. The van der Waals surface area contributed by atoms with Gasteiger partial charge in [0.15, 0.2) is 0 Å². The van der Waals surface area contributed by atoms with Crippen LogP contribution in [0.4, 0.5) is 0 Å². The molecule has 1 unspecified atom stereocenters. The van der Waals surface area contributed by atoms with E-state index in [4.69, 9.17) is 4.74 Å². The number of hydrogen-bond acceptors (Lipinski definition) is 3. The third kappa shape index (κ3) is 2.05. The Labute approximate surface area is 66.0 Å². The summed E-state index contributed by atoms with van der Waals surface area (Å²) in [6, 6.07) is 0. The second kappa shape index (κ2) is 2.66. The van der Waals surface area contributed by atoms with Crippen molar-refractivity contribution in [2.45, 2.75) is 18.9 Å². The summed E-state index contributed by atoms with van der Waals surface area (Å²) >= 11 is 0. The highest BCUT2D eigenvalue weighted by Crippen LogP contribution is 2.32. The van der Waals surface area contributed by atoms with Gasteiger partial charge in [-0.15, -0.1) is 0 Å². The molecule has 0 saturated carbocycles. The Morgan fingerprint density at radius 1 is 1.82 bits per heavy atom. The summed E-state index contributed by atoms with van der Waals surface area (Å²) in [5.74, 6) is -0.346. The fourth-order valence-corrected chi connectivity index (χ4v) is 0.893. The summed E-state index contributed by atoms with van der Waals surface area (Å²) in [5, 5.41) is 0. The molecule has 62 valence electrons. The van der Waals surface area contributed by atoms with Gasteiger partial charge in [-0.2, -0.15) is 0 Å². The van der Waals surface area contributed by atoms with E-state index in [1.165, 1.54) is 7.11 Å². The molecule has 1 saturated heterocycles. The summed E-state index contributed by atoms with van der Waals surface area (Å²) in [5.41, 5.74) is 0.332. The average Bonchev–Trinajstić information content (AvgIpc) is 2.66. The van der Waals surface area contributed by atoms with Crippen molar-refractivity contribution in [1.29, 1.82) is 0 Å². The molecule has 0 bridgehead atoms. The molecule has 11 heavy (non-hydrogen) atoms. The highest BCUT2D eigenvalue weighted by molar-refractivity contribution is 5.87. The zero-order chi connectivity index (χ0) is 8.48. The quantitative estimate of drug-likeness (QED) is 0.346. The first kappa shape index (κ1) is 8.27. The van der Waals surface area contributed by atoms with Crippen LogP contribution in [0.5, 0.6) is 0 Å². The predicted molar refractivity (Wildman–Crippen MR) is 40.1 cm³/mol. The van der Waals surface area contributed by atoms with Crippen molar-refractivity contribution in [3.8, 4) is 0 Å². The smallest absolute Gasteiger partial charge is 0.333 e. The van der Waals surface area contributed by atoms with E-state index in [1.54, 1.807) is 0 Å². The Bertz CT molecular complexity index is 192. The van der Waals surface area contributed by atoms with Gasteiger partial charge < -0.3 is 9.47 Å². The van der Waals surface area contributed by atoms with Crippen LogP contribution in [0.1, 0.15) is 13.3 Å². The van der Waals surface area contributed by atoms with Crippen LogP contribution >= 0.6 is 0 Å².